The molecule has 0 bridgehead atoms. The Kier molecular flexibility index (Phi) is 3.76. The third kappa shape index (κ3) is 2.64. The van der Waals surface area contributed by atoms with Crippen LogP contribution in [0.2, 0.25) is 0 Å². The predicted molar refractivity (Wildman–Crippen MR) is 73.0 cm³/mol. The summed E-state index contributed by atoms with van der Waals surface area (Å²) in [4.78, 5) is 4.54. The maximum atomic E-state index is 4.54. The van der Waals surface area contributed by atoms with E-state index in [0.717, 1.165) is 30.7 Å². The van der Waals surface area contributed by atoms with Gasteiger partial charge in [-0.2, -0.15) is 0 Å². The van der Waals surface area contributed by atoms with E-state index in [-0.39, 0.29) is 0 Å². The molecule has 0 amide bonds. The Morgan fingerprint density at radius 3 is 2.88 bits per heavy atom. The van der Waals surface area contributed by atoms with E-state index in [1.165, 1.54) is 5.52 Å². The van der Waals surface area contributed by atoms with E-state index < -0.39 is 0 Å². The van der Waals surface area contributed by atoms with Gasteiger partial charge in [-0.05, 0) is 31.9 Å². The van der Waals surface area contributed by atoms with Gasteiger partial charge in [0.2, 0.25) is 0 Å². The molecule has 1 heterocycles. The van der Waals surface area contributed by atoms with Gasteiger partial charge in [0, 0.05) is 6.54 Å². The molecule has 1 aromatic heterocycles. The molecule has 0 fully saturated rings. The Morgan fingerprint density at radius 1 is 1.24 bits per heavy atom. The average molecular weight is 226 g/mol. The zero-order chi connectivity index (χ0) is 12.1. The summed E-state index contributed by atoms with van der Waals surface area (Å²) in [6, 6.07) is 8.26. The Labute approximate surface area is 102 Å². The lowest BCUT2D eigenvalue weighted by atomic mass is 10.3. The van der Waals surface area contributed by atoms with Crippen molar-refractivity contribution in [3.63, 3.8) is 0 Å². The molecule has 88 valence electrons. The molecule has 0 saturated heterocycles. The topological polar surface area (TPSA) is 17.8 Å². The van der Waals surface area contributed by atoms with Crippen LogP contribution in [0.25, 0.3) is 11.0 Å². The van der Waals surface area contributed by atoms with Crippen molar-refractivity contribution in [1.29, 1.82) is 0 Å². The summed E-state index contributed by atoms with van der Waals surface area (Å²) in [6.45, 7) is 6.66. The largest absolute Gasteiger partial charge is 0.324 e. The number of benzene rings is 1. The highest BCUT2D eigenvalue weighted by Crippen LogP contribution is 2.15. The fourth-order valence-corrected chi connectivity index (χ4v) is 1.94. The summed E-state index contributed by atoms with van der Waals surface area (Å²) in [5.41, 5.74) is 2.28. The number of aryl methyl sites for hydroxylation is 1. The molecular weight excluding hydrogens is 208 g/mol. The first-order valence-corrected chi connectivity index (χ1v) is 6.00. The smallest absolute Gasteiger partial charge is 0.107 e. The molecule has 0 spiro atoms. The van der Waals surface area contributed by atoms with Gasteiger partial charge in [-0.15, -0.1) is 6.58 Å². The molecule has 2 rings (SSSR count). The second-order valence-corrected chi connectivity index (χ2v) is 4.10. The van der Waals surface area contributed by atoms with Crippen LogP contribution in [0.15, 0.2) is 49.1 Å². The fraction of sp³-hybridized carbons (Fsp3) is 0.267. The molecule has 0 atom stereocenters. The van der Waals surface area contributed by atoms with Gasteiger partial charge in [-0.3, -0.25) is 0 Å². The molecule has 17 heavy (non-hydrogen) atoms. The Morgan fingerprint density at radius 2 is 2.06 bits per heavy atom. The average Bonchev–Trinajstić information content (AvgIpc) is 2.65. The second-order valence-electron chi connectivity index (χ2n) is 4.10. The van der Waals surface area contributed by atoms with Crippen molar-refractivity contribution in [1.82, 2.24) is 9.55 Å². The van der Waals surface area contributed by atoms with E-state index >= 15 is 0 Å². The van der Waals surface area contributed by atoms with Gasteiger partial charge in [0.15, 0.2) is 0 Å². The fourth-order valence-electron chi connectivity index (χ4n) is 1.94. The zero-order valence-electron chi connectivity index (χ0n) is 10.3. The first-order chi connectivity index (χ1) is 8.33. The normalized spacial score (nSPS) is 11.4. The van der Waals surface area contributed by atoms with E-state index in [9.17, 15) is 0 Å². The zero-order valence-corrected chi connectivity index (χ0v) is 10.3. The summed E-state index contributed by atoms with van der Waals surface area (Å²) in [6.07, 6.45) is 8.46. The van der Waals surface area contributed by atoms with Gasteiger partial charge in [0.05, 0.1) is 11.0 Å². The molecule has 0 saturated carbocycles. The number of hydrogen-bond donors (Lipinski definition) is 0. The van der Waals surface area contributed by atoms with E-state index in [1.54, 1.807) is 0 Å². The van der Waals surface area contributed by atoms with Crippen LogP contribution in [0.5, 0.6) is 0 Å². The number of para-hydroxylation sites is 2. The lowest BCUT2D eigenvalue weighted by molar-refractivity contribution is 0.802. The third-order valence-electron chi connectivity index (χ3n) is 2.84. The number of imidazole rings is 1. The Balaban J connectivity index is 2.15. The van der Waals surface area contributed by atoms with Crippen LogP contribution in [0.4, 0.5) is 0 Å². The number of allylic oxidation sites excluding steroid dienone is 3. The van der Waals surface area contributed by atoms with Crippen LogP contribution in [0.3, 0.4) is 0 Å². The van der Waals surface area contributed by atoms with E-state index in [0.29, 0.717) is 0 Å². The van der Waals surface area contributed by atoms with Gasteiger partial charge in [0.25, 0.3) is 0 Å². The van der Waals surface area contributed by atoms with Gasteiger partial charge in [-0.1, -0.05) is 30.4 Å². The molecule has 0 unspecified atom stereocenters. The lowest BCUT2D eigenvalue weighted by Gasteiger charge is -2.02. The summed E-state index contributed by atoms with van der Waals surface area (Å²) in [7, 11) is 0. The Hall–Kier alpha value is -1.83. The molecule has 0 aliphatic heterocycles. The van der Waals surface area contributed by atoms with Crippen molar-refractivity contribution in [2.75, 3.05) is 0 Å². The Bertz CT molecular complexity index is 535. The standard InChI is InChI=1S/C15H18N2/c1-3-4-5-6-9-12-17-13(2)16-14-10-7-8-11-15(14)17/h3,6-11H,1,4-5,12H2,2H3. The maximum absolute atomic E-state index is 4.54. The highest BCUT2D eigenvalue weighted by atomic mass is 15.1. The molecule has 0 aliphatic rings. The van der Waals surface area contributed by atoms with Crippen LogP contribution < -0.4 is 0 Å². The van der Waals surface area contributed by atoms with Crippen molar-refractivity contribution in [2.45, 2.75) is 26.3 Å². The number of fused-ring (bicyclic) bond motifs is 1. The minimum Gasteiger partial charge on any atom is -0.324 e. The van der Waals surface area contributed by atoms with E-state index in [4.69, 9.17) is 0 Å². The van der Waals surface area contributed by atoms with Gasteiger partial charge in [-0.25, -0.2) is 4.98 Å². The SMILES string of the molecule is C=CCCC=CCn1c(C)nc2ccccc21. The number of aromatic nitrogens is 2. The minimum atomic E-state index is 0.892. The monoisotopic (exact) mass is 226 g/mol. The molecular formula is C15H18N2. The molecule has 2 heteroatoms. The highest BCUT2D eigenvalue weighted by molar-refractivity contribution is 5.75. The summed E-state index contributed by atoms with van der Waals surface area (Å²) in [5, 5.41) is 0. The van der Waals surface area contributed by atoms with E-state index in [1.807, 2.05) is 12.1 Å². The maximum Gasteiger partial charge on any atom is 0.107 e. The molecule has 0 radical (unpaired) electrons. The summed E-state index contributed by atoms with van der Waals surface area (Å²) >= 11 is 0. The second kappa shape index (κ2) is 5.48. The third-order valence-corrected chi connectivity index (χ3v) is 2.84. The number of unbranched alkanes of at least 4 members (excludes halogenated alkanes) is 1. The van der Waals surface area contributed by atoms with Gasteiger partial charge in [0.1, 0.15) is 5.82 Å². The molecule has 0 aliphatic carbocycles. The number of rotatable bonds is 5. The van der Waals surface area contributed by atoms with Crippen LogP contribution in [-0.2, 0) is 6.54 Å². The van der Waals surface area contributed by atoms with Crippen molar-refractivity contribution in [2.24, 2.45) is 0 Å². The van der Waals surface area contributed by atoms with E-state index in [2.05, 4.69) is 53.4 Å². The van der Waals surface area contributed by atoms with Crippen molar-refractivity contribution in [3.05, 3.63) is 54.9 Å². The van der Waals surface area contributed by atoms with Crippen LogP contribution in [-0.4, -0.2) is 9.55 Å². The molecule has 2 nitrogen and oxygen atoms in total. The molecule has 0 N–H and O–H groups in total. The van der Waals surface area contributed by atoms with Crippen LogP contribution in [0.1, 0.15) is 18.7 Å². The van der Waals surface area contributed by atoms with Crippen molar-refractivity contribution < 1.29 is 0 Å². The van der Waals surface area contributed by atoms with Crippen LogP contribution >= 0.6 is 0 Å². The number of nitrogens with zero attached hydrogens (tertiary/aromatic N) is 2. The first-order valence-electron chi connectivity index (χ1n) is 6.00. The van der Waals surface area contributed by atoms with Crippen molar-refractivity contribution in [3.8, 4) is 0 Å². The highest BCUT2D eigenvalue weighted by Gasteiger charge is 2.03. The predicted octanol–water partition coefficient (Wildman–Crippen LogP) is 3.87. The molecule has 1 aromatic carbocycles. The quantitative estimate of drug-likeness (QED) is 0.559. The number of hydrogen-bond acceptors (Lipinski definition) is 1. The lowest BCUT2D eigenvalue weighted by Crippen LogP contribution is -1.97. The summed E-state index contributed by atoms with van der Waals surface area (Å²) in [5.74, 6) is 1.07. The van der Waals surface area contributed by atoms with Crippen LogP contribution in [0, 0.1) is 6.92 Å². The summed E-state index contributed by atoms with van der Waals surface area (Å²) < 4.78 is 2.24. The van der Waals surface area contributed by atoms with Crippen molar-refractivity contribution >= 4 is 11.0 Å². The van der Waals surface area contributed by atoms with Gasteiger partial charge < -0.3 is 4.57 Å². The molecule has 2 aromatic rings. The minimum absolute atomic E-state index is 0.892. The van der Waals surface area contributed by atoms with Gasteiger partial charge >= 0.3 is 0 Å². The first kappa shape index (κ1) is 11.6.